The predicted molar refractivity (Wildman–Crippen MR) is 135 cm³/mol. The molecule has 1 amide bonds. The first kappa shape index (κ1) is 23.0. The quantitative estimate of drug-likeness (QED) is 0.561. The van der Waals surface area contributed by atoms with Crippen molar-refractivity contribution in [2.45, 2.75) is 23.8 Å². The minimum Gasteiger partial charge on any atom is -0.497 e. The smallest absolute Gasteiger partial charge is 0.267 e. The maximum Gasteiger partial charge on any atom is 0.267 e. The number of ether oxygens (including phenoxy) is 2. The summed E-state index contributed by atoms with van der Waals surface area (Å²) in [5, 5.41) is 2.87. The average molecular weight is 494 g/mol. The Morgan fingerprint density at radius 3 is 2.34 bits per heavy atom. The first-order valence-corrected chi connectivity index (χ1v) is 13.0. The molecule has 3 aromatic rings. The van der Waals surface area contributed by atoms with Gasteiger partial charge >= 0.3 is 0 Å². The molecule has 0 aliphatic carbocycles. The van der Waals surface area contributed by atoms with Crippen LogP contribution in [0.2, 0.25) is 0 Å². The van der Waals surface area contributed by atoms with Crippen LogP contribution in [0.4, 0.5) is 17.1 Å². The molecular formula is C26H27N3O5S. The lowest BCUT2D eigenvalue weighted by Crippen LogP contribution is -2.48. The Hall–Kier alpha value is -3.72. The molecule has 1 atom stereocenters. The molecule has 9 heteroatoms. The second-order valence-corrected chi connectivity index (χ2v) is 10.4. The van der Waals surface area contributed by atoms with Gasteiger partial charge in [-0.3, -0.25) is 9.10 Å². The van der Waals surface area contributed by atoms with Gasteiger partial charge in [0.25, 0.3) is 15.9 Å². The van der Waals surface area contributed by atoms with E-state index in [4.69, 9.17) is 9.47 Å². The second-order valence-electron chi connectivity index (χ2n) is 8.52. The van der Waals surface area contributed by atoms with Gasteiger partial charge in [-0.15, -0.1) is 0 Å². The Kier molecular flexibility index (Phi) is 6.25. The van der Waals surface area contributed by atoms with Gasteiger partial charge in [0.2, 0.25) is 0 Å². The summed E-state index contributed by atoms with van der Waals surface area (Å²) in [6, 6.07) is 20.7. The highest BCUT2D eigenvalue weighted by molar-refractivity contribution is 7.92. The summed E-state index contributed by atoms with van der Waals surface area (Å²) < 4.78 is 39.4. The summed E-state index contributed by atoms with van der Waals surface area (Å²) in [5.74, 6) is 0.475. The first-order chi connectivity index (χ1) is 17.0. The van der Waals surface area contributed by atoms with Crippen molar-refractivity contribution in [2.24, 2.45) is 0 Å². The van der Waals surface area contributed by atoms with Crippen molar-refractivity contribution in [3.8, 4) is 11.5 Å². The summed E-state index contributed by atoms with van der Waals surface area (Å²) in [6.07, 6.45) is 1.36. The van der Waals surface area contributed by atoms with E-state index in [1.54, 1.807) is 36.4 Å². The van der Waals surface area contributed by atoms with Crippen LogP contribution in [0.1, 0.15) is 12.8 Å². The van der Waals surface area contributed by atoms with Crippen LogP contribution in [0.15, 0.2) is 77.7 Å². The summed E-state index contributed by atoms with van der Waals surface area (Å²) in [5.41, 5.74) is 2.15. The number of nitrogens with zero attached hydrogens (tertiary/aromatic N) is 2. The molecule has 3 aromatic carbocycles. The third-order valence-electron chi connectivity index (χ3n) is 6.28. The molecule has 5 rings (SSSR count). The molecule has 0 saturated carbocycles. The maximum absolute atomic E-state index is 13.5. The molecule has 0 spiro atoms. The second kappa shape index (κ2) is 9.50. The molecule has 1 saturated heterocycles. The molecule has 182 valence electrons. The molecule has 1 fully saturated rings. The van der Waals surface area contributed by atoms with Crippen LogP contribution in [0.3, 0.4) is 0 Å². The van der Waals surface area contributed by atoms with Crippen molar-refractivity contribution in [3.05, 3.63) is 72.8 Å². The summed E-state index contributed by atoms with van der Waals surface area (Å²) in [4.78, 5) is 15.5. The van der Waals surface area contributed by atoms with Gasteiger partial charge in [-0.25, -0.2) is 8.42 Å². The summed E-state index contributed by atoms with van der Waals surface area (Å²) in [7, 11) is -2.42. The molecule has 0 aromatic heterocycles. The number of amides is 1. The lowest BCUT2D eigenvalue weighted by atomic mass is 10.2. The summed E-state index contributed by atoms with van der Waals surface area (Å²) in [6.45, 7) is 1.93. The zero-order valence-electron chi connectivity index (χ0n) is 19.4. The van der Waals surface area contributed by atoms with Crippen molar-refractivity contribution in [2.75, 3.05) is 41.3 Å². The third-order valence-corrected chi connectivity index (χ3v) is 8.07. The highest BCUT2D eigenvalue weighted by atomic mass is 32.2. The summed E-state index contributed by atoms with van der Waals surface area (Å²) >= 11 is 0. The number of sulfonamides is 1. The van der Waals surface area contributed by atoms with Gasteiger partial charge in [0.05, 0.1) is 24.2 Å². The highest BCUT2D eigenvalue weighted by Gasteiger charge is 2.37. The number of nitrogens with one attached hydrogen (secondary N) is 1. The van der Waals surface area contributed by atoms with E-state index in [1.165, 1.54) is 36.4 Å². The van der Waals surface area contributed by atoms with E-state index in [9.17, 15) is 13.2 Å². The van der Waals surface area contributed by atoms with E-state index in [2.05, 4.69) is 10.2 Å². The van der Waals surface area contributed by atoms with E-state index in [0.717, 1.165) is 18.8 Å². The van der Waals surface area contributed by atoms with Gasteiger partial charge in [-0.1, -0.05) is 12.1 Å². The minimum atomic E-state index is -3.94. The topological polar surface area (TPSA) is 88.2 Å². The van der Waals surface area contributed by atoms with E-state index in [-0.39, 0.29) is 11.4 Å². The monoisotopic (exact) mass is 493 g/mol. The van der Waals surface area contributed by atoms with Crippen molar-refractivity contribution in [1.29, 1.82) is 0 Å². The number of hydrogen-bond acceptors (Lipinski definition) is 6. The van der Waals surface area contributed by atoms with Gasteiger partial charge in [-0.2, -0.15) is 0 Å². The van der Waals surface area contributed by atoms with Crippen LogP contribution in [-0.2, 0) is 14.8 Å². The maximum atomic E-state index is 13.5. The molecule has 2 aliphatic heterocycles. The van der Waals surface area contributed by atoms with Gasteiger partial charge in [0, 0.05) is 24.5 Å². The van der Waals surface area contributed by atoms with Crippen molar-refractivity contribution in [3.63, 3.8) is 0 Å². The molecule has 2 heterocycles. The fourth-order valence-corrected chi connectivity index (χ4v) is 5.87. The number of anilines is 3. The Labute approximate surface area is 205 Å². The van der Waals surface area contributed by atoms with Gasteiger partial charge < -0.3 is 19.7 Å². The van der Waals surface area contributed by atoms with Crippen molar-refractivity contribution >= 4 is 33.0 Å². The zero-order chi connectivity index (χ0) is 24.4. The number of benzene rings is 3. The van der Waals surface area contributed by atoms with Gasteiger partial charge in [0.15, 0.2) is 6.10 Å². The highest BCUT2D eigenvalue weighted by Crippen LogP contribution is 2.37. The van der Waals surface area contributed by atoms with Crippen molar-refractivity contribution in [1.82, 2.24) is 0 Å². The number of carbonyl (C=O) groups is 1. The average Bonchev–Trinajstić information content (AvgIpc) is 3.43. The third kappa shape index (κ3) is 4.64. The van der Waals surface area contributed by atoms with Crippen LogP contribution in [0.25, 0.3) is 0 Å². The minimum absolute atomic E-state index is 0.103. The molecule has 2 aliphatic rings. The zero-order valence-corrected chi connectivity index (χ0v) is 20.2. The predicted octanol–water partition coefficient (Wildman–Crippen LogP) is 3.89. The standard InChI is InChI=1S/C26H27N3O5S/c1-33-21-12-14-22(15-13-21)35(31,32)29-18-25(34-24-7-3-2-6-23(24)29)26(30)27-19-8-10-20(11-9-19)28-16-4-5-17-28/h2-3,6-15,25H,4-5,16-18H2,1H3,(H,27,30). The fraction of sp³-hybridized carbons (Fsp3) is 0.269. The van der Waals surface area contributed by atoms with Crippen molar-refractivity contribution < 1.29 is 22.7 Å². The Morgan fingerprint density at radius 2 is 1.66 bits per heavy atom. The molecular weight excluding hydrogens is 466 g/mol. The number of methoxy groups -OCH3 is 1. The number of carbonyl (C=O) groups excluding carboxylic acids is 1. The van der Waals surface area contributed by atoms with Crippen LogP contribution >= 0.6 is 0 Å². The molecule has 0 radical (unpaired) electrons. The molecule has 1 N–H and O–H groups in total. The lowest BCUT2D eigenvalue weighted by Gasteiger charge is -2.34. The lowest BCUT2D eigenvalue weighted by molar-refractivity contribution is -0.122. The fourth-order valence-electron chi connectivity index (χ4n) is 4.39. The Morgan fingerprint density at radius 1 is 0.971 bits per heavy atom. The first-order valence-electron chi connectivity index (χ1n) is 11.5. The van der Waals surface area contributed by atoms with Crippen LogP contribution in [0.5, 0.6) is 11.5 Å². The SMILES string of the molecule is COc1ccc(S(=O)(=O)N2CC(C(=O)Nc3ccc(N4CCCC4)cc3)Oc3ccccc32)cc1. The van der Waals surface area contributed by atoms with E-state index in [0.29, 0.717) is 22.9 Å². The van der Waals surface area contributed by atoms with E-state index < -0.39 is 22.0 Å². The Balaban J connectivity index is 1.37. The number of fused-ring (bicyclic) bond motifs is 1. The van der Waals surface area contributed by atoms with E-state index >= 15 is 0 Å². The van der Waals surface area contributed by atoms with Gasteiger partial charge in [-0.05, 0) is 73.5 Å². The number of para-hydroxylation sites is 2. The van der Waals surface area contributed by atoms with Crippen LogP contribution in [-0.4, -0.2) is 47.2 Å². The van der Waals surface area contributed by atoms with Gasteiger partial charge in [0.1, 0.15) is 11.5 Å². The Bertz CT molecular complexity index is 1300. The molecule has 0 bridgehead atoms. The molecule has 8 nitrogen and oxygen atoms in total. The normalized spacial score (nSPS) is 17.5. The van der Waals surface area contributed by atoms with Crippen LogP contribution < -0.4 is 24.0 Å². The molecule has 35 heavy (non-hydrogen) atoms. The largest absolute Gasteiger partial charge is 0.497 e. The number of rotatable bonds is 6. The number of hydrogen-bond donors (Lipinski definition) is 1. The van der Waals surface area contributed by atoms with Crippen LogP contribution in [0, 0.1) is 0 Å². The van der Waals surface area contributed by atoms with E-state index in [1.807, 2.05) is 24.3 Å². The molecule has 1 unspecified atom stereocenters.